The van der Waals surface area contributed by atoms with Crippen molar-refractivity contribution < 1.29 is 9.13 Å². The van der Waals surface area contributed by atoms with Crippen LogP contribution in [0.15, 0.2) is 53.5 Å². The van der Waals surface area contributed by atoms with Gasteiger partial charge in [-0.1, -0.05) is 52.0 Å². The Morgan fingerprint density at radius 3 is 2.03 bits per heavy atom. The summed E-state index contributed by atoms with van der Waals surface area (Å²) in [4.78, 5) is 6.88. The molecule has 0 aliphatic carbocycles. The molecule has 0 amide bonds. The minimum Gasteiger partial charge on any atom is -0.378 e. The molecule has 1 aliphatic heterocycles. The maximum absolute atomic E-state index is 13.7. The zero-order chi connectivity index (χ0) is 23.3. The minimum absolute atomic E-state index is 0.0536. The van der Waals surface area contributed by atoms with Crippen molar-refractivity contribution in [1.29, 1.82) is 0 Å². The van der Waals surface area contributed by atoms with E-state index in [4.69, 9.17) is 9.73 Å². The van der Waals surface area contributed by atoms with Gasteiger partial charge in [0.05, 0.1) is 12.2 Å². The molecule has 2 aromatic rings. The fraction of sp³-hybridized carbons (Fsp3) is 0.536. The lowest BCUT2D eigenvalue weighted by molar-refractivity contribution is -0.118. The van der Waals surface area contributed by atoms with E-state index in [1.165, 1.54) is 11.3 Å². The van der Waals surface area contributed by atoms with E-state index in [1.54, 1.807) is 12.1 Å². The van der Waals surface area contributed by atoms with E-state index in [9.17, 15) is 4.39 Å². The van der Waals surface area contributed by atoms with E-state index in [-0.39, 0.29) is 23.4 Å². The molecule has 0 N–H and O–H groups in total. The van der Waals surface area contributed by atoms with Gasteiger partial charge in [-0.15, -0.1) is 0 Å². The van der Waals surface area contributed by atoms with Gasteiger partial charge in [-0.25, -0.2) is 4.39 Å². The SMILES string of the molecule is CC(C)[C@@H]1CC(CCN=Cc2ccc(N(C)C)cc2)(c2ccc(F)cc2)C[C@@H](C(C)C)O1. The topological polar surface area (TPSA) is 24.8 Å². The average molecular weight is 439 g/mol. The van der Waals surface area contributed by atoms with Gasteiger partial charge in [-0.3, -0.25) is 4.99 Å². The molecule has 32 heavy (non-hydrogen) atoms. The Morgan fingerprint density at radius 2 is 1.53 bits per heavy atom. The number of rotatable bonds is 8. The molecule has 174 valence electrons. The lowest BCUT2D eigenvalue weighted by Gasteiger charge is -2.47. The zero-order valence-corrected chi connectivity index (χ0v) is 20.5. The number of anilines is 1. The van der Waals surface area contributed by atoms with Gasteiger partial charge in [0.2, 0.25) is 0 Å². The standard InChI is InChI=1S/C28H39FN2O/c1-20(2)26-17-28(18-27(32-26)21(3)4,23-9-11-24(29)12-10-23)15-16-30-19-22-7-13-25(14-8-22)31(5)6/h7-14,19-21,26-27H,15-18H2,1-6H3/t26-,27-/m0/s1. The molecule has 0 radical (unpaired) electrons. The number of hydrogen-bond acceptors (Lipinski definition) is 3. The van der Waals surface area contributed by atoms with Crippen LogP contribution in [-0.2, 0) is 10.2 Å². The van der Waals surface area contributed by atoms with Crippen molar-refractivity contribution in [3.8, 4) is 0 Å². The van der Waals surface area contributed by atoms with Crippen LogP contribution in [0.5, 0.6) is 0 Å². The highest BCUT2D eigenvalue weighted by Gasteiger charge is 2.43. The smallest absolute Gasteiger partial charge is 0.123 e. The van der Waals surface area contributed by atoms with Crippen LogP contribution in [-0.4, -0.2) is 39.1 Å². The Morgan fingerprint density at radius 1 is 0.969 bits per heavy atom. The van der Waals surface area contributed by atoms with Crippen LogP contribution in [0.2, 0.25) is 0 Å². The molecule has 1 fully saturated rings. The second-order valence-electron chi connectivity index (χ2n) is 10.2. The predicted molar refractivity (Wildman–Crippen MR) is 133 cm³/mol. The Bertz CT molecular complexity index is 855. The Hall–Kier alpha value is -2.20. The van der Waals surface area contributed by atoms with Crippen LogP contribution in [0.4, 0.5) is 10.1 Å². The number of nitrogens with zero attached hydrogens (tertiary/aromatic N) is 2. The van der Waals surface area contributed by atoms with Crippen molar-refractivity contribution in [3.63, 3.8) is 0 Å². The third-order valence-corrected chi connectivity index (χ3v) is 6.85. The van der Waals surface area contributed by atoms with Crippen LogP contribution in [0, 0.1) is 17.7 Å². The maximum atomic E-state index is 13.7. The molecular formula is C28H39FN2O. The first-order chi connectivity index (χ1) is 15.2. The van der Waals surface area contributed by atoms with Crippen molar-refractivity contribution in [2.75, 3.05) is 25.5 Å². The summed E-state index contributed by atoms with van der Waals surface area (Å²) in [5.41, 5.74) is 3.45. The number of aliphatic imine (C=N–C) groups is 1. The molecule has 0 bridgehead atoms. The average Bonchev–Trinajstić information content (AvgIpc) is 2.77. The summed E-state index contributed by atoms with van der Waals surface area (Å²) in [6, 6.07) is 15.6. The molecule has 2 atom stereocenters. The molecule has 0 saturated carbocycles. The van der Waals surface area contributed by atoms with Crippen molar-refractivity contribution in [3.05, 3.63) is 65.5 Å². The van der Waals surface area contributed by atoms with Gasteiger partial charge in [0.25, 0.3) is 0 Å². The largest absolute Gasteiger partial charge is 0.378 e. The van der Waals surface area contributed by atoms with Crippen LogP contribution in [0.1, 0.15) is 58.1 Å². The van der Waals surface area contributed by atoms with Crippen molar-refractivity contribution in [2.24, 2.45) is 16.8 Å². The summed E-state index contributed by atoms with van der Waals surface area (Å²) in [6.07, 6.45) is 5.20. The summed E-state index contributed by atoms with van der Waals surface area (Å²) >= 11 is 0. The minimum atomic E-state index is -0.184. The second-order valence-corrected chi connectivity index (χ2v) is 10.2. The van der Waals surface area contributed by atoms with E-state index in [0.717, 1.165) is 31.4 Å². The Labute approximate surface area is 193 Å². The van der Waals surface area contributed by atoms with Gasteiger partial charge in [0.15, 0.2) is 0 Å². The van der Waals surface area contributed by atoms with E-state index in [1.807, 2.05) is 32.4 Å². The molecule has 1 heterocycles. The molecular weight excluding hydrogens is 399 g/mol. The highest BCUT2D eigenvalue weighted by molar-refractivity contribution is 5.80. The summed E-state index contributed by atoms with van der Waals surface area (Å²) in [5, 5.41) is 0. The second kappa shape index (κ2) is 10.6. The number of ether oxygens (including phenoxy) is 1. The first-order valence-corrected chi connectivity index (χ1v) is 11.9. The Balaban J connectivity index is 1.82. The molecule has 4 heteroatoms. The maximum Gasteiger partial charge on any atom is 0.123 e. The summed E-state index contributed by atoms with van der Waals surface area (Å²) in [6.45, 7) is 9.68. The predicted octanol–water partition coefficient (Wildman–Crippen LogP) is 6.50. The first kappa shape index (κ1) is 24.4. The van der Waals surface area contributed by atoms with Crippen molar-refractivity contribution in [1.82, 2.24) is 0 Å². The molecule has 2 aromatic carbocycles. The quantitative estimate of drug-likeness (QED) is 0.440. The van der Waals surface area contributed by atoms with Crippen molar-refractivity contribution >= 4 is 11.9 Å². The number of hydrogen-bond donors (Lipinski definition) is 0. The van der Waals surface area contributed by atoms with Gasteiger partial charge >= 0.3 is 0 Å². The van der Waals surface area contributed by atoms with Gasteiger partial charge in [0, 0.05) is 38.0 Å². The van der Waals surface area contributed by atoms with Gasteiger partial charge < -0.3 is 9.64 Å². The molecule has 3 rings (SSSR count). The third kappa shape index (κ3) is 5.98. The summed E-state index contributed by atoms with van der Waals surface area (Å²) in [5.74, 6) is 0.696. The number of halogens is 1. The highest BCUT2D eigenvalue weighted by Crippen LogP contribution is 2.45. The van der Waals surface area contributed by atoms with Crippen LogP contribution in [0.25, 0.3) is 0 Å². The molecule has 0 unspecified atom stereocenters. The zero-order valence-electron chi connectivity index (χ0n) is 20.5. The lowest BCUT2D eigenvalue weighted by atomic mass is 9.66. The summed E-state index contributed by atoms with van der Waals surface area (Å²) < 4.78 is 20.2. The molecule has 1 aliphatic rings. The van der Waals surface area contributed by atoms with E-state index < -0.39 is 0 Å². The van der Waals surface area contributed by atoms with E-state index >= 15 is 0 Å². The van der Waals surface area contributed by atoms with E-state index in [2.05, 4.69) is 56.9 Å². The highest BCUT2D eigenvalue weighted by atomic mass is 19.1. The molecule has 0 spiro atoms. The molecule has 0 aromatic heterocycles. The summed E-state index contributed by atoms with van der Waals surface area (Å²) in [7, 11) is 4.08. The third-order valence-electron chi connectivity index (χ3n) is 6.85. The lowest BCUT2D eigenvalue weighted by Crippen LogP contribution is -2.47. The fourth-order valence-corrected chi connectivity index (χ4v) is 4.65. The molecule has 3 nitrogen and oxygen atoms in total. The van der Waals surface area contributed by atoms with Crippen LogP contribution >= 0.6 is 0 Å². The van der Waals surface area contributed by atoms with Gasteiger partial charge in [-0.05, 0) is 66.5 Å². The normalized spacial score (nSPS) is 23.9. The van der Waals surface area contributed by atoms with Gasteiger partial charge in [0.1, 0.15) is 5.82 Å². The van der Waals surface area contributed by atoms with Gasteiger partial charge in [-0.2, -0.15) is 0 Å². The monoisotopic (exact) mass is 438 g/mol. The Kier molecular flexibility index (Phi) is 8.10. The number of benzene rings is 2. The first-order valence-electron chi connectivity index (χ1n) is 11.9. The van der Waals surface area contributed by atoms with E-state index in [0.29, 0.717) is 11.8 Å². The fourth-order valence-electron chi connectivity index (χ4n) is 4.65. The molecule has 1 saturated heterocycles. The van der Waals surface area contributed by atoms with Crippen molar-refractivity contribution in [2.45, 2.75) is 64.6 Å². The van der Waals surface area contributed by atoms with Crippen LogP contribution in [0.3, 0.4) is 0 Å². The van der Waals surface area contributed by atoms with Crippen LogP contribution < -0.4 is 4.90 Å².